The summed E-state index contributed by atoms with van der Waals surface area (Å²) < 4.78 is 10.8. The third-order valence-electron chi connectivity index (χ3n) is 5.05. The number of carboxylic acid groups (broad SMARTS) is 1. The molecule has 1 saturated heterocycles. The predicted octanol–water partition coefficient (Wildman–Crippen LogP) is 2.76. The van der Waals surface area contributed by atoms with Gasteiger partial charge in [0.05, 0.1) is 18.9 Å². The molecule has 3 heterocycles. The molecule has 0 saturated carbocycles. The average Bonchev–Trinajstić information content (AvgIpc) is 3.33. The molecule has 11 nitrogen and oxygen atoms in total. The van der Waals surface area contributed by atoms with E-state index in [1.807, 2.05) is 12.1 Å². The topological polar surface area (TPSA) is 139 Å². The molecule has 0 bridgehead atoms. The summed E-state index contributed by atoms with van der Waals surface area (Å²) in [4.78, 5) is 30.6. The van der Waals surface area contributed by atoms with Crippen molar-refractivity contribution in [3.05, 3.63) is 30.8 Å². The van der Waals surface area contributed by atoms with E-state index in [1.54, 1.807) is 31.3 Å². The SMILES string of the molecule is CNc1nc(Nc2ccc(-c3cnco3)c(OC)c2)nc(N2CCCCC2C(=O)O)n1. The first kappa shape index (κ1) is 20.4. The number of benzene rings is 1. The van der Waals surface area contributed by atoms with Gasteiger partial charge in [-0.3, -0.25) is 0 Å². The van der Waals surface area contributed by atoms with Gasteiger partial charge in [0.2, 0.25) is 17.8 Å². The minimum atomic E-state index is -0.881. The normalized spacial score (nSPS) is 16.1. The van der Waals surface area contributed by atoms with E-state index in [2.05, 4.69) is 30.6 Å². The number of ether oxygens (including phenoxy) is 1. The van der Waals surface area contributed by atoms with Crippen LogP contribution in [-0.2, 0) is 4.79 Å². The standard InChI is InChI=1S/C20H23N7O4/c1-21-18-24-19(26-20(25-18)27-8-4-3-5-14(27)17(28)29)23-12-6-7-13(15(9-12)30-2)16-10-22-11-31-16/h6-7,9-11,14H,3-5,8H2,1-2H3,(H,28,29)(H2,21,23,24,25,26). The van der Waals surface area contributed by atoms with Crippen molar-refractivity contribution < 1.29 is 19.1 Å². The van der Waals surface area contributed by atoms with Crippen LogP contribution in [0.2, 0.25) is 0 Å². The molecule has 1 aromatic carbocycles. The number of oxazole rings is 1. The average molecular weight is 425 g/mol. The molecule has 0 spiro atoms. The Balaban J connectivity index is 1.64. The predicted molar refractivity (Wildman–Crippen MR) is 114 cm³/mol. The van der Waals surface area contributed by atoms with Crippen molar-refractivity contribution in [1.29, 1.82) is 0 Å². The second-order valence-electron chi connectivity index (χ2n) is 6.98. The maximum atomic E-state index is 11.7. The molecule has 3 N–H and O–H groups in total. The zero-order valence-electron chi connectivity index (χ0n) is 17.2. The quantitative estimate of drug-likeness (QED) is 0.515. The van der Waals surface area contributed by atoms with E-state index >= 15 is 0 Å². The Labute approximate surface area is 178 Å². The zero-order valence-corrected chi connectivity index (χ0v) is 17.2. The van der Waals surface area contributed by atoms with E-state index < -0.39 is 12.0 Å². The third-order valence-corrected chi connectivity index (χ3v) is 5.05. The lowest BCUT2D eigenvalue weighted by molar-refractivity contribution is -0.139. The van der Waals surface area contributed by atoms with E-state index in [0.717, 1.165) is 18.4 Å². The number of rotatable bonds is 7. The van der Waals surface area contributed by atoms with Gasteiger partial charge in [0.25, 0.3) is 0 Å². The maximum absolute atomic E-state index is 11.7. The van der Waals surface area contributed by atoms with Gasteiger partial charge in [0.15, 0.2) is 12.2 Å². The van der Waals surface area contributed by atoms with Crippen LogP contribution >= 0.6 is 0 Å². The molecule has 1 unspecified atom stereocenters. The molecule has 162 valence electrons. The van der Waals surface area contributed by atoms with Gasteiger partial charge < -0.3 is 29.8 Å². The molecular formula is C20H23N7O4. The number of hydrogen-bond acceptors (Lipinski definition) is 10. The van der Waals surface area contributed by atoms with Crippen LogP contribution in [0.1, 0.15) is 19.3 Å². The van der Waals surface area contributed by atoms with Gasteiger partial charge in [0.1, 0.15) is 11.8 Å². The molecule has 0 aliphatic carbocycles. The first-order chi connectivity index (χ1) is 15.1. The zero-order chi connectivity index (χ0) is 21.8. The van der Waals surface area contributed by atoms with E-state index in [-0.39, 0.29) is 0 Å². The number of anilines is 4. The van der Waals surface area contributed by atoms with Gasteiger partial charge in [-0.05, 0) is 31.4 Å². The van der Waals surface area contributed by atoms with Gasteiger partial charge in [-0.2, -0.15) is 15.0 Å². The monoisotopic (exact) mass is 425 g/mol. The molecule has 1 fully saturated rings. The molecule has 3 aromatic rings. The summed E-state index contributed by atoms with van der Waals surface area (Å²) in [6.07, 6.45) is 5.27. The lowest BCUT2D eigenvalue weighted by Gasteiger charge is -2.33. The number of hydrogen-bond donors (Lipinski definition) is 3. The van der Waals surface area contributed by atoms with Crippen LogP contribution in [0.15, 0.2) is 35.2 Å². The molecule has 31 heavy (non-hydrogen) atoms. The Morgan fingerprint density at radius 3 is 2.81 bits per heavy atom. The first-order valence-corrected chi connectivity index (χ1v) is 9.86. The summed E-state index contributed by atoms with van der Waals surface area (Å²) in [5, 5.41) is 15.6. The molecule has 0 radical (unpaired) electrons. The summed E-state index contributed by atoms with van der Waals surface area (Å²) in [6, 6.07) is 4.81. The van der Waals surface area contributed by atoms with Crippen LogP contribution in [-0.4, -0.2) is 57.8 Å². The highest BCUT2D eigenvalue weighted by Gasteiger charge is 2.31. The van der Waals surface area contributed by atoms with Gasteiger partial charge in [-0.15, -0.1) is 0 Å². The summed E-state index contributed by atoms with van der Waals surface area (Å²) in [6.45, 7) is 0.573. The van der Waals surface area contributed by atoms with Crippen molar-refractivity contribution in [2.45, 2.75) is 25.3 Å². The lowest BCUT2D eigenvalue weighted by atomic mass is 10.0. The largest absolute Gasteiger partial charge is 0.496 e. The number of piperidine rings is 1. The van der Waals surface area contributed by atoms with Crippen molar-refractivity contribution >= 4 is 29.5 Å². The van der Waals surface area contributed by atoms with Crippen molar-refractivity contribution in [3.63, 3.8) is 0 Å². The van der Waals surface area contributed by atoms with Crippen LogP contribution in [0.3, 0.4) is 0 Å². The maximum Gasteiger partial charge on any atom is 0.326 e. The number of carbonyl (C=O) groups is 1. The molecule has 11 heteroatoms. The van der Waals surface area contributed by atoms with Gasteiger partial charge in [-0.1, -0.05) is 0 Å². The Bertz CT molecular complexity index is 1060. The van der Waals surface area contributed by atoms with Gasteiger partial charge in [0, 0.05) is 25.3 Å². The Hall–Kier alpha value is -3.89. The number of carboxylic acids is 1. The molecule has 0 amide bonds. The molecule has 1 atom stereocenters. The van der Waals surface area contributed by atoms with Crippen LogP contribution < -0.4 is 20.3 Å². The fourth-order valence-electron chi connectivity index (χ4n) is 3.54. The second-order valence-corrected chi connectivity index (χ2v) is 6.98. The lowest BCUT2D eigenvalue weighted by Crippen LogP contribution is -2.45. The van der Waals surface area contributed by atoms with E-state index in [1.165, 1.54) is 6.39 Å². The Morgan fingerprint density at radius 1 is 1.26 bits per heavy atom. The highest BCUT2D eigenvalue weighted by atomic mass is 16.5. The third kappa shape index (κ3) is 4.34. The number of aromatic nitrogens is 4. The van der Waals surface area contributed by atoms with Crippen LogP contribution in [0.5, 0.6) is 5.75 Å². The van der Waals surface area contributed by atoms with E-state index in [4.69, 9.17) is 9.15 Å². The highest BCUT2D eigenvalue weighted by molar-refractivity contribution is 5.78. The van der Waals surface area contributed by atoms with Crippen molar-refractivity contribution in [2.75, 3.05) is 36.2 Å². The minimum Gasteiger partial charge on any atom is -0.496 e. The summed E-state index contributed by atoms with van der Waals surface area (Å²) in [5.41, 5.74) is 1.45. The van der Waals surface area contributed by atoms with E-state index in [9.17, 15) is 9.90 Å². The Kier molecular flexibility index (Phi) is 5.83. The van der Waals surface area contributed by atoms with Crippen molar-refractivity contribution in [1.82, 2.24) is 19.9 Å². The van der Waals surface area contributed by atoms with Gasteiger partial charge in [-0.25, -0.2) is 9.78 Å². The fourth-order valence-corrected chi connectivity index (χ4v) is 3.54. The molecule has 1 aliphatic heterocycles. The molecule has 4 rings (SSSR count). The van der Waals surface area contributed by atoms with E-state index in [0.29, 0.717) is 48.0 Å². The first-order valence-electron chi connectivity index (χ1n) is 9.86. The van der Waals surface area contributed by atoms with Crippen molar-refractivity contribution in [2.24, 2.45) is 0 Å². The van der Waals surface area contributed by atoms with Crippen LogP contribution in [0.4, 0.5) is 23.5 Å². The summed E-state index contributed by atoms with van der Waals surface area (Å²) >= 11 is 0. The second kappa shape index (κ2) is 8.86. The molecule has 2 aromatic heterocycles. The van der Waals surface area contributed by atoms with Crippen molar-refractivity contribution in [3.8, 4) is 17.1 Å². The number of nitrogens with one attached hydrogen (secondary N) is 2. The number of aliphatic carboxylic acids is 1. The fraction of sp³-hybridized carbons (Fsp3) is 0.350. The number of methoxy groups -OCH3 is 1. The minimum absolute atomic E-state index is 0.290. The smallest absolute Gasteiger partial charge is 0.326 e. The van der Waals surface area contributed by atoms with Gasteiger partial charge >= 0.3 is 5.97 Å². The van der Waals surface area contributed by atoms with Crippen LogP contribution in [0.25, 0.3) is 11.3 Å². The molecule has 1 aliphatic rings. The Morgan fingerprint density at radius 2 is 2.10 bits per heavy atom. The highest BCUT2D eigenvalue weighted by Crippen LogP contribution is 2.33. The molecular weight excluding hydrogens is 402 g/mol. The van der Waals surface area contributed by atoms with Crippen LogP contribution in [0, 0.1) is 0 Å². The summed E-state index contributed by atoms with van der Waals surface area (Å²) in [5.74, 6) is 1.25. The summed E-state index contributed by atoms with van der Waals surface area (Å²) in [7, 11) is 3.27. The number of nitrogens with zero attached hydrogens (tertiary/aromatic N) is 5.